The third-order valence-electron chi connectivity index (χ3n) is 2.22. The fraction of sp³-hybridized carbons (Fsp3) is 0.455. The van der Waals surface area contributed by atoms with Crippen molar-refractivity contribution in [3.05, 3.63) is 34.6 Å². The van der Waals surface area contributed by atoms with Crippen LogP contribution in [0.1, 0.15) is 5.56 Å². The summed E-state index contributed by atoms with van der Waals surface area (Å²) < 4.78 is 49.4. The molecule has 0 saturated carbocycles. The molecule has 0 saturated heterocycles. The van der Waals surface area contributed by atoms with Crippen LogP contribution in [0.2, 0.25) is 5.02 Å². The van der Waals surface area contributed by atoms with E-state index in [0.29, 0.717) is 10.6 Å². The van der Waals surface area contributed by atoms with Crippen LogP contribution in [0.4, 0.5) is 17.6 Å². The second-order valence-electron chi connectivity index (χ2n) is 3.84. The highest BCUT2D eigenvalue weighted by atomic mass is 35.5. The summed E-state index contributed by atoms with van der Waals surface area (Å²) in [6.45, 7) is -0.883. The lowest BCUT2D eigenvalue weighted by atomic mass is 10.1. The van der Waals surface area contributed by atoms with Crippen LogP contribution in [-0.4, -0.2) is 31.2 Å². The van der Waals surface area contributed by atoms with Gasteiger partial charge in [-0.15, -0.1) is 0 Å². The maximum atomic E-state index is 13.3. The first-order valence-electron chi connectivity index (χ1n) is 4.97. The Labute approximate surface area is 102 Å². The van der Waals surface area contributed by atoms with E-state index in [1.807, 2.05) is 0 Å². The summed E-state index contributed by atoms with van der Waals surface area (Å²) in [5.41, 5.74) is 0.325. The minimum absolute atomic E-state index is 0.122. The summed E-state index contributed by atoms with van der Waals surface area (Å²) in [6, 6.07) is 4.04. The smallest absolute Gasteiger partial charge is 0.298 e. The van der Waals surface area contributed by atoms with Crippen molar-refractivity contribution < 1.29 is 17.6 Å². The van der Waals surface area contributed by atoms with Crippen LogP contribution < -0.4 is 0 Å². The number of rotatable bonds is 4. The Morgan fingerprint density at radius 2 is 1.94 bits per heavy atom. The number of hydrogen-bond donors (Lipinski definition) is 0. The van der Waals surface area contributed by atoms with Crippen molar-refractivity contribution in [1.82, 2.24) is 4.90 Å². The second kappa shape index (κ2) is 5.69. The molecule has 1 rings (SSSR count). The SMILES string of the molecule is CN(CCc1cc(Cl)ccc1F)CC(F)(F)F. The minimum atomic E-state index is -4.23. The van der Waals surface area contributed by atoms with Gasteiger partial charge in [0.2, 0.25) is 0 Å². The lowest BCUT2D eigenvalue weighted by Crippen LogP contribution is -2.32. The summed E-state index contributed by atoms with van der Waals surface area (Å²) >= 11 is 5.68. The van der Waals surface area contributed by atoms with Crippen LogP contribution in [0.25, 0.3) is 0 Å². The van der Waals surface area contributed by atoms with Gasteiger partial charge in [-0.1, -0.05) is 11.6 Å². The molecule has 0 spiro atoms. The van der Waals surface area contributed by atoms with E-state index in [1.54, 1.807) is 0 Å². The predicted molar refractivity (Wildman–Crippen MR) is 58.7 cm³/mol. The van der Waals surface area contributed by atoms with Crippen LogP contribution in [-0.2, 0) is 6.42 Å². The standard InChI is InChI=1S/C11H12ClF4N/c1-17(7-11(14,15)16)5-4-8-6-9(12)2-3-10(8)13/h2-3,6H,4-5,7H2,1H3. The van der Waals surface area contributed by atoms with Crippen molar-refractivity contribution in [3.8, 4) is 0 Å². The third kappa shape index (κ3) is 5.37. The fourth-order valence-electron chi connectivity index (χ4n) is 1.43. The monoisotopic (exact) mass is 269 g/mol. The first kappa shape index (κ1) is 14.3. The van der Waals surface area contributed by atoms with Crippen LogP contribution in [0, 0.1) is 5.82 Å². The highest BCUT2D eigenvalue weighted by Crippen LogP contribution is 2.18. The minimum Gasteiger partial charge on any atom is -0.298 e. The molecule has 0 N–H and O–H groups in total. The zero-order chi connectivity index (χ0) is 13.1. The van der Waals surface area contributed by atoms with Gasteiger partial charge in [-0.05, 0) is 37.2 Å². The average molecular weight is 270 g/mol. The van der Waals surface area contributed by atoms with E-state index in [4.69, 9.17) is 11.6 Å². The van der Waals surface area contributed by atoms with Crippen molar-refractivity contribution in [1.29, 1.82) is 0 Å². The molecule has 96 valence electrons. The summed E-state index contributed by atoms with van der Waals surface area (Å²) in [5.74, 6) is -0.449. The Bertz CT molecular complexity index is 378. The van der Waals surface area contributed by atoms with Gasteiger partial charge in [0.25, 0.3) is 0 Å². The average Bonchev–Trinajstić information content (AvgIpc) is 2.17. The molecule has 0 unspecified atom stereocenters. The number of benzene rings is 1. The molecule has 0 fully saturated rings. The fourth-order valence-corrected chi connectivity index (χ4v) is 1.63. The van der Waals surface area contributed by atoms with Crippen molar-refractivity contribution in [2.45, 2.75) is 12.6 Å². The van der Waals surface area contributed by atoms with Crippen LogP contribution in [0.3, 0.4) is 0 Å². The molecule has 0 aliphatic heterocycles. The third-order valence-corrected chi connectivity index (χ3v) is 2.45. The van der Waals surface area contributed by atoms with Gasteiger partial charge in [0.15, 0.2) is 0 Å². The maximum absolute atomic E-state index is 13.3. The summed E-state index contributed by atoms with van der Waals surface area (Å²) in [5, 5.41) is 0.375. The number of likely N-dealkylation sites (N-methyl/N-ethyl adjacent to an activating group) is 1. The molecular weight excluding hydrogens is 258 g/mol. The molecule has 0 aliphatic rings. The van der Waals surface area contributed by atoms with E-state index in [2.05, 4.69) is 0 Å². The Kier molecular flexibility index (Phi) is 4.77. The molecule has 1 aromatic carbocycles. The van der Waals surface area contributed by atoms with E-state index >= 15 is 0 Å². The number of halogens is 5. The number of alkyl halides is 3. The van der Waals surface area contributed by atoms with Gasteiger partial charge in [-0.3, -0.25) is 4.90 Å². The molecule has 0 aliphatic carbocycles. The zero-order valence-electron chi connectivity index (χ0n) is 9.19. The summed E-state index contributed by atoms with van der Waals surface area (Å²) in [7, 11) is 1.34. The molecule has 1 aromatic rings. The van der Waals surface area contributed by atoms with E-state index in [-0.39, 0.29) is 13.0 Å². The van der Waals surface area contributed by atoms with Gasteiger partial charge in [0.05, 0.1) is 6.54 Å². The highest BCUT2D eigenvalue weighted by molar-refractivity contribution is 6.30. The van der Waals surface area contributed by atoms with Crippen LogP contribution in [0.15, 0.2) is 18.2 Å². The van der Waals surface area contributed by atoms with Gasteiger partial charge >= 0.3 is 6.18 Å². The normalized spacial score (nSPS) is 12.2. The largest absolute Gasteiger partial charge is 0.401 e. The number of nitrogens with zero attached hydrogens (tertiary/aromatic N) is 1. The summed E-state index contributed by atoms with van der Waals surface area (Å²) in [6.07, 6.45) is -4.04. The van der Waals surface area contributed by atoms with Crippen molar-refractivity contribution in [3.63, 3.8) is 0 Å². The summed E-state index contributed by atoms with van der Waals surface area (Å²) in [4.78, 5) is 1.10. The van der Waals surface area contributed by atoms with E-state index in [9.17, 15) is 17.6 Å². The van der Waals surface area contributed by atoms with E-state index in [0.717, 1.165) is 4.90 Å². The topological polar surface area (TPSA) is 3.24 Å². The lowest BCUT2D eigenvalue weighted by Gasteiger charge is -2.18. The van der Waals surface area contributed by atoms with Gasteiger partial charge < -0.3 is 0 Å². The Morgan fingerprint density at radius 3 is 2.53 bits per heavy atom. The van der Waals surface area contributed by atoms with Crippen molar-refractivity contribution in [2.75, 3.05) is 20.1 Å². The molecule has 0 bridgehead atoms. The molecule has 1 nitrogen and oxygen atoms in total. The molecule has 0 radical (unpaired) electrons. The van der Waals surface area contributed by atoms with Gasteiger partial charge in [0, 0.05) is 11.6 Å². The molecule has 17 heavy (non-hydrogen) atoms. The predicted octanol–water partition coefficient (Wildman–Crippen LogP) is 3.52. The Hall–Kier alpha value is -0.810. The van der Waals surface area contributed by atoms with Gasteiger partial charge in [0.1, 0.15) is 5.82 Å². The first-order valence-corrected chi connectivity index (χ1v) is 5.35. The molecule has 0 amide bonds. The second-order valence-corrected chi connectivity index (χ2v) is 4.28. The van der Waals surface area contributed by atoms with Crippen molar-refractivity contribution >= 4 is 11.6 Å². The lowest BCUT2D eigenvalue weighted by molar-refractivity contribution is -0.142. The van der Waals surface area contributed by atoms with Gasteiger partial charge in [-0.25, -0.2) is 4.39 Å². The molecule has 0 aromatic heterocycles. The van der Waals surface area contributed by atoms with E-state index in [1.165, 1.54) is 25.2 Å². The molecule has 6 heteroatoms. The quantitative estimate of drug-likeness (QED) is 0.756. The van der Waals surface area contributed by atoms with Gasteiger partial charge in [-0.2, -0.15) is 13.2 Å². The number of hydrogen-bond acceptors (Lipinski definition) is 1. The Morgan fingerprint density at radius 1 is 1.29 bits per heavy atom. The molecular formula is C11H12ClF4N. The molecule has 0 heterocycles. The van der Waals surface area contributed by atoms with E-state index < -0.39 is 18.5 Å². The molecule has 0 atom stereocenters. The Balaban J connectivity index is 2.53. The van der Waals surface area contributed by atoms with Crippen LogP contribution >= 0.6 is 11.6 Å². The maximum Gasteiger partial charge on any atom is 0.401 e. The van der Waals surface area contributed by atoms with Crippen LogP contribution in [0.5, 0.6) is 0 Å². The van der Waals surface area contributed by atoms with Crippen molar-refractivity contribution in [2.24, 2.45) is 0 Å². The zero-order valence-corrected chi connectivity index (χ0v) is 9.95. The highest BCUT2D eigenvalue weighted by Gasteiger charge is 2.28. The first-order chi connectivity index (χ1) is 7.78.